The zero-order valence-corrected chi connectivity index (χ0v) is 18.2. The number of β-amino-alcohol motifs (C(OH)–C–C–N with tert-alkyl or cyclic N) is 1. The van der Waals surface area contributed by atoms with Gasteiger partial charge in [0.2, 0.25) is 0 Å². The fourth-order valence-electron chi connectivity index (χ4n) is 4.24. The second kappa shape index (κ2) is 9.04. The summed E-state index contributed by atoms with van der Waals surface area (Å²) >= 11 is 0. The number of amides is 2. The molecule has 0 bridgehead atoms. The lowest BCUT2D eigenvalue weighted by Crippen LogP contribution is -2.48. The number of nitrogens with zero attached hydrogens (tertiary/aromatic N) is 3. The van der Waals surface area contributed by atoms with Crippen LogP contribution in [0.4, 0.5) is 5.69 Å². The number of benzene rings is 2. The van der Waals surface area contributed by atoms with Crippen molar-refractivity contribution in [3.8, 4) is 0 Å². The van der Waals surface area contributed by atoms with E-state index in [1.807, 2.05) is 60.4 Å². The third-order valence-corrected chi connectivity index (χ3v) is 6.11. The van der Waals surface area contributed by atoms with Gasteiger partial charge in [0.05, 0.1) is 17.9 Å². The van der Waals surface area contributed by atoms with Crippen LogP contribution in [0.3, 0.4) is 0 Å². The molecule has 1 saturated heterocycles. The molecule has 0 radical (unpaired) electrons. The summed E-state index contributed by atoms with van der Waals surface area (Å²) in [6.45, 7) is 7.61. The minimum atomic E-state index is -0.272. The predicted molar refractivity (Wildman–Crippen MR) is 122 cm³/mol. The maximum Gasteiger partial charge on any atom is 0.282 e. The Labute approximate surface area is 183 Å². The fraction of sp³-hybridized carbons (Fsp3) is 0.360. The molecule has 1 fully saturated rings. The molecule has 0 spiro atoms. The van der Waals surface area contributed by atoms with Crippen LogP contribution < -0.4 is 4.90 Å². The quantitative estimate of drug-likeness (QED) is 0.729. The molecule has 1 N–H and O–H groups in total. The number of aryl methyl sites for hydroxylation is 2. The van der Waals surface area contributed by atoms with Crippen molar-refractivity contribution in [1.29, 1.82) is 0 Å². The number of aliphatic hydroxyl groups excluding tert-OH is 1. The highest BCUT2D eigenvalue weighted by Crippen LogP contribution is 2.35. The van der Waals surface area contributed by atoms with Gasteiger partial charge in [-0.1, -0.05) is 48.9 Å². The van der Waals surface area contributed by atoms with Gasteiger partial charge in [-0.2, -0.15) is 0 Å². The number of carbonyl (C=O) groups excluding carboxylic acids is 2. The first-order valence-corrected chi connectivity index (χ1v) is 10.9. The Morgan fingerprint density at radius 2 is 1.52 bits per heavy atom. The first-order chi connectivity index (χ1) is 15.0. The van der Waals surface area contributed by atoms with Crippen LogP contribution >= 0.6 is 0 Å². The Morgan fingerprint density at radius 3 is 2.10 bits per heavy atom. The van der Waals surface area contributed by atoms with Crippen molar-refractivity contribution in [2.24, 2.45) is 0 Å². The predicted octanol–water partition coefficient (Wildman–Crippen LogP) is 2.45. The molecule has 162 valence electrons. The van der Waals surface area contributed by atoms with E-state index in [1.54, 1.807) is 0 Å². The van der Waals surface area contributed by atoms with Gasteiger partial charge in [0.25, 0.3) is 11.8 Å². The van der Waals surface area contributed by atoms with Gasteiger partial charge in [0, 0.05) is 32.7 Å². The summed E-state index contributed by atoms with van der Waals surface area (Å²) < 4.78 is 0. The number of hydrogen-bond donors (Lipinski definition) is 1. The summed E-state index contributed by atoms with van der Waals surface area (Å²) in [7, 11) is 0. The van der Waals surface area contributed by atoms with Crippen LogP contribution in [0.5, 0.6) is 0 Å². The van der Waals surface area contributed by atoms with E-state index in [9.17, 15) is 14.7 Å². The third-order valence-electron chi connectivity index (χ3n) is 6.11. The van der Waals surface area contributed by atoms with Crippen LogP contribution in [0.1, 0.15) is 23.6 Å². The third kappa shape index (κ3) is 4.13. The molecule has 2 aromatic rings. The smallest absolute Gasteiger partial charge is 0.282 e. The van der Waals surface area contributed by atoms with E-state index in [-0.39, 0.29) is 18.4 Å². The van der Waals surface area contributed by atoms with Gasteiger partial charge < -0.3 is 10.0 Å². The summed E-state index contributed by atoms with van der Waals surface area (Å²) in [6.07, 6.45) is 0.901. The lowest BCUT2D eigenvalue weighted by Gasteiger charge is -2.36. The van der Waals surface area contributed by atoms with Crippen LogP contribution in [0.15, 0.2) is 54.2 Å². The van der Waals surface area contributed by atoms with Gasteiger partial charge in [-0.25, -0.2) is 4.90 Å². The van der Waals surface area contributed by atoms with Crippen LogP contribution in [0, 0.1) is 6.92 Å². The average molecular weight is 420 g/mol. The van der Waals surface area contributed by atoms with Gasteiger partial charge in [-0.05, 0) is 36.6 Å². The molecule has 4 rings (SSSR count). The van der Waals surface area contributed by atoms with Crippen LogP contribution in [-0.4, -0.2) is 66.1 Å². The minimum Gasteiger partial charge on any atom is -0.395 e. The Hall–Kier alpha value is -2.96. The molecule has 0 unspecified atom stereocenters. The van der Waals surface area contributed by atoms with Crippen molar-refractivity contribution in [2.45, 2.75) is 20.3 Å². The Kier molecular flexibility index (Phi) is 6.20. The summed E-state index contributed by atoms with van der Waals surface area (Å²) in [6, 6.07) is 15.4. The highest BCUT2D eigenvalue weighted by atomic mass is 16.3. The second-order valence-corrected chi connectivity index (χ2v) is 8.11. The zero-order chi connectivity index (χ0) is 22.0. The molecule has 0 atom stereocenters. The lowest BCUT2D eigenvalue weighted by atomic mass is 10.0. The van der Waals surface area contributed by atoms with E-state index in [2.05, 4.69) is 11.8 Å². The topological polar surface area (TPSA) is 64.1 Å². The van der Waals surface area contributed by atoms with E-state index in [0.29, 0.717) is 36.6 Å². The van der Waals surface area contributed by atoms with Crippen molar-refractivity contribution in [3.63, 3.8) is 0 Å². The Balaban J connectivity index is 1.71. The number of hydrogen-bond acceptors (Lipinski definition) is 5. The van der Waals surface area contributed by atoms with Crippen molar-refractivity contribution in [1.82, 2.24) is 9.80 Å². The number of rotatable bonds is 6. The maximum atomic E-state index is 13.6. The molecule has 2 aliphatic rings. The molecule has 2 heterocycles. The molecule has 0 aliphatic carbocycles. The molecule has 2 amide bonds. The summed E-state index contributed by atoms with van der Waals surface area (Å²) in [5, 5.41) is 9.21. The number of anilines is 1. The molecule has 0 saturated carbocycles. The van der Waals surface area contributed by atoms with Crippen LogP contribution in [-0.2, 0) is 16.0 Å². The van der Waals surface area contributed by atoms with Crippen molar-refractivity contribution in [3.05, 3.63) is 70.9 Å². The maximum absolute atomic E-state index is 13.6. The molecule has 31 heavy (non-hydrogen) atoms. The first-order valence-electron chi connectivity index (χ1n) is 10.9. The SMILES string of the molecule is CCc1ccc(N2C(=O)C(c3ccc(C)cc3)=C(N3CCN(CCO)CC3)C2=O)cc1. The van der Waals surface area contributed by atoms with Gasteiger partial charge in [0.15, 0.2) is 0 Å². The first kappa shape index (κ1) is 21.3. The van der Waals surface area contributed by atoms with Gasteiger partial charge in [-0.3, -0.25) is 14.5 Å². The molecule has 0 aromatic heterocycles. The molecule has 2 aliphatic heterocycles. The van der Waals surface area contributed by atoms with Crippen LogP contribution in [0.25, 0.3) is 5.57 Å². The average Bonchev–Trinajstić information content (AvgIpc) is 3.05. The van der Waals surface area contributed by atoms with Gasteiger partial charge in [-0.15, -0.1) is 0 Å². The second-order valence-electron chi connectivity index (χ2n) is 8.11. The standard InChI is InChI=1S/C25H29N3O3/c1-3-19-6-10-21(11-7-19)28-24(30)22(20-8-4-18(2)5-9-20)23(25(28)31)27-14-12-26(13-15-27)16-17-29/h4-11,29H,3,12-17H2,1-2H3. The van der Waals surface area contributed by atoms with E-state index in [0.717, 1.165) is 36.2 Å². The summed E-state index contributed by atoms with van der Waals surface area (Å²) in [5.41, 5.74) is 4.59. The van der Waals surface area contributed by atoms with Crippen LogP contribution in [0.2, 0.25) is 0 Å². The number of imide groups is 1. The summed E-state index contributed by atoms with van der Waals surface area (Å²) in [4.78, 5) is 32.6. The monoisotopic (exact) mass is 419 g/mol. The van der Waals surface area contributed by atoms with Gasteiger partial charge >= 0.3 is 0 Å². The highest BCUT2D eigenvalue weighted by molar-refractivity contribution is 6.45. The molecular formula is C25H29N3O3. The largest absolute Gasteiger partial charge is 0.395 e. The Morgan fingerprint density at radius 1 is 0.871 bits per heavy atom. The lowest BCUT2D eigenvalue weighted by molar-refractivity contribution is -0.120. The van der Waals surface area contributed by atoms with E-state index in [1.165, 1.54) is 4.90 Å². The fourth-order valence-corrected chi connectivity index (χ4v) is 4.24. The van der Waals surface area contributed by atoms with E-state index < -0.39 is 0 Å². The molecular weight excluding hydrogens is 390 g/mol. The number of piperazine rings is 1. The highest BCUT2D eigenvalue weighted by Gasteiger charge is 2.43. The molecule has 6 nitrogen and oxygen atoms in total. The number of aliphatic hydroxyl groups is 1. The zero-order valence-electron chi connectivity index (χ0n) is 18.2. The van der Waals surface area contributed by atoms with E-state index >= 15 is 0 Å². The van der Waals surface area contributed by atoms with Crippen molar-refractivity contribution < 1.29 is 14.7 Å². The molecule has 2 aromatic carbocycles. The van der Waals surface area contributed by atoms with Crippen molar-refractivity contribution in [2.75, 3.05) is 44.2 Å². The normalized spacial score (nSPS) is 17.8. The van der Waals surface area contributed by atoms with Crippen molar-refractivity contribution >= 4 is 23.1 Å². The number of carbonyl (C=O) groups is 2. The van der Waals surface area contributed by atoms with E-state index in [4.69, 9.17) is 0 Å². The molecule has 6 heteroatoms. The minimum absolute atomic E-state index is 0.121. The Bertz CT molecular complexity index is 988. The summed E-state index contributed by atoms with van der Waals surface area (Å²) in [5.74, 6) is -0.536. The van der Waals surface area contributed by atoms with Gasteiger partial charge in [0.1, 0.15) is 5.70 Å².